The fourth-order valence-corrected chi connectivity index (χ4v) is 2.23. The molecule has 122 valence electrons. The molecule has 0 radical (unpaired) electrons. The number of benzene rings is 1. The summed E-state index contributed by atoms with van der Waals surface area (Å²) < 4.78 is 6.82. The van der Waals surface area contributed by atoms with E-state index in [0.717, 1.165) is 5.56 Å². The Morgan fingerprint density at radius 1 is 1.30 bits per heavy atom. The highest BCUT2D eigenvalue weighted by Gasteiger charge is 2.19. The Hall–Kier alpha value is -2.83. The summed E-state index contributed by atoms with van der Waals surface area (Å²) in [5.41, 5.74) is 1.77. The van der Waals surface area contributed by atoms with Gasteiger partial charge in [0, 0.05) is 30.9 Å². The fourth-order valence-electron chi connectivity index (χ4n) is 2.23. The van der Waals surface area contributed by atoms with Gasteiger partial charge in [-0.15, -0.1) is 0 Å². The molecule has 7 nitrogen and oxygen atoms in total. The summed E-state index contributed by atoms with van der Waals surface area (Å²) in [5.74, 6) is -0.0366. The number of ether oxygens (including phenoxy) is 1. The Balaban J connectivity index is 2.34. The van der Waals surface area contributed by atoms with Gasteiger partial charge in [0.2, 0.25) is 0 Å². The van der Waals surface area contributed by atoms with Crippen molar-refractivity contribution >= 4 is 17.5 Å². The lowest BCUT2D eigenvalue weighted by molar-refractivity contribution is 0.0958. The van der Waals surface area contributed by atoms with Gasteiger partial charge in [0.15, 0.2) is 5.69 Å². The quantitative estimate of drug-likeness (QED) is 0.881. The molecule has 0 fully saturated rings. The summed E-state index contributed by atoms with van der Waals surface area (Å²) in [7, 11) is 3.07. The molecule has 2 amide bonds. The molecular formula is C16H20N4O3. The van der Waals surface area contributed by atoms with Crippen LogP contribution in [0.25, 0.3) is 0 Å². The Morgan fingerprint density at radius 3 is 2.65 bits per heavy atom. The van der Waals surface area contributed by atoms with Crippen LogP contribution in [0.15, 0.2) is 24.4 Å². The van der Waals surface area contributed by atoms with E-state index in [1.807, 2.05) is 13.8 Å². The normalized spacial score (nSPS) is 10.3. The first kappa shape index (κ1) is 16.5. The zero-order valence-electron chi connectivity index (χ0n) is 13.6. The van der Waals surface area contributed by atoms with Gasteiger partial charge in [-0.05, 0) is 26.0 Å². The topological polar surface area (TPSA) is 85.2 Å². The van der Waals surface area contributed by atoms with Crippen LogP contribution in [-0.4, -0.2) is 35.8 Å². The summed E-state index contributed by atoms with van der Waals surface area (Å²) in [6.07, 6.45) is 1.64. The van der Waals surface area contributed by atoms with Crippen LogP contribution in [0, 0.1) is 6.92 Å². The van der Waals surface area contributed by atoms with Gasteiger partial charge in [-0.2, -0.15) is 5.10 Å². The molecule has 7 heteroatoms. The molecule has 23 heavy (non-hydrogen) atoms. The van der Waals surface area contributed by atoms with Crippen LogP contribution in [0.5, 0.6) is 5.75 Å². The number of methoxy groups -OCH3 is 1. The van der Waals surface area contributed by atoms with Crippen LogP contribution >= 0.6 is 0 Å². The number of rotatable bonds is 5. The number of hydrogen-bond acceptors (Lipinski definition) is 4. The highest BCUT2D eigenvalue weighted by Crippen LogP contribution is 2.22. The number of carbonyl (C=O) groups excluding carboxylic acids is 2. The van der Waals surface area contributed by atoms with Crippen LogP contribution in [0.2, 0.25) is 0 Å². The van der Waals surface area contributed by atoms with Crippen molar-refractivity contribution < 1.29 is 14.3 Å². The average molecular weight is 316 g/mol. The van der Waals surface area contributed by atoms with E-state index in [-0.39, 0.29) is 17.5 Å². The molecule has 1 heterocycles. The molecule has 0 spiro atoms. The highest BCUT2D eigenvalue weighted by molar-refractivity contribution is 6.09. The Labute approximate surface area is 134 Å². The second-order valence-corrected chi connectivity index (χ2v) is 4.91. The number of hydrogen-bond donors (Lipinski definition) is 2. The molecule has 1 aromatic carbocycles. The standard InChI is InChI=1S/C16H20N4O3/c1-5-20-9-12(14(19-20)16(22)17-3)18-15(21)11-7-6-8-13(23-4)10(11)2/h6-9H,5H2,1-4H3,(H,17,22)(H,18,21). The van der Waals surface area contributed by atoms with E-state index < -0.39 is 0 Å². The molecule has 0 aliphatic carbocycles. The molecule has 2 N–H and O–H groups in total. The third-order valence-corrected chi connectivity index (χ3v) is 3.52. The third-order valence-electron chi connectivity index (χ3n) is 3.52. The van der Waals surface area contributed by atoms with Crippen molar-refractivity contribution in [3.05, 3.63) is 41.2 Å². The van der Waals surface area contributed by atoms with Crippen LogP contribution in [-0.2, 0) is 6.54 Å². The van der Waals surface area contributed by atoms with Gasteiger partial charge >= 0.3 is 0 Å². The van der Waals surface area contributed by atoms with Gasteiger partial charge in [-0.3, -0.25) is 14.3 Å². The van der Waals surface area contributed by atoms with Gasteiger partial charge in [0.1, 0.15) is 5.75 Å². The van der Waals surface area contributed by atoms with Crippen molar-refractivity contribution in [2.45, 2.75) is 20.4 Å². The molecule has 0 aliphatic rings. The largest absolute Gasteiger partial charge is 0.496 e. The molecule has 0 bridgehead atoms. The van der Waals surface area contributed by atoms with Crippen molar-refractivity contribution in [2.24, 2.45) is 0 Å². The molecule has 2 rings (SSSR count). The summed E-state index contributed by atoms with van der Waals surface area (Å²) in [5, 5.41) is 9.43. The number of aromatic nitrogens is 2. The van der Waals surface area contributed by atoms with E-state index in [1.54, 1.807) is 36.2 Å². The van der Waals surface area contributed by atoms with Crippen molar-refractivity contribution in [3.63, 3.8) is 0 Å². The Bertz CT molecular complexity index is 737. The van der Waals surface area contributed by atoms with E-state index in [0.29, 0.717) is 23.5 Å². The monoisotopic (exact) mass is 316 g/mol. The smallest absolute Gasteiger partial charge is 0.273 e. The number of amides is 2. The molecule has 0 aliphatic heterocycles. The SMILES string of the molecule is CCn1cc(NC(=O)c2cccc(OC)c2C)c(C(=O)NC)n1. The minimum Gasteiger partial charge on any atom is -0.496 e. The molecule has 0 atom stereocenters. The molecule has 0 saturated heterocycles. The summed E-state index contributed by atoms with van der Waals surface area (Å²) in [6, 6.07) is 5.24. The van der Waals surface area contributed by atoms with Crippen molar-refractivity contribution in [1.29, 1.82) is 0 Å². The maximum absolute atomic E-state index is 12.5. The fraction of sp³-hybridized carbons (Fsp3) is 0.312. The maximum atomic E-state index is 12.5. The van der Waals surface area contributed by atoms with Gasteiger partial charge < -0.3 is 15.4 Å². The van der Waals surface area contributed by atoms with Crippen LogP contribution in [0.1, 0.15) is 33.3 Å². The predicted molar refractivity (Wildman–Crippen MR) is 87.0 cm³/mol. The molecule has 0 unspecified atom stereocenters. The lowest BCUT2D eigenvalue weighted by Crippen LogP contribution is -2.22. The summed E-state index contributed by atoms with van der Waals surface area (Å²) in [6.45, 7) is 4.30. The molecular weight excluding hydrogens is 296 g/mol. The number of anilines is 1. The van der Waals surface area contributed by atoms with Crippen molar-refractivity contribution in [1.82, 2.24) is 15.1 Å². The van der Waals surface area contributed by atoms with Gasteiger partial charge in [0.05, 0.1) is 12.8 Å². The number of nitrogens with zero attached hydrogens (tertiary/aromatic N) is 2. The second kappa shape index (κ2) is 6.95. The minimum atomic E-state index is -0.352. The molecule has 1 aromatic heterocycles. The Morgan fingerprint density at radius 2 is 2.04 bits per heavy atom. The van der Waals surface area contributed by atoms with Crippen LogP contribution in [0.4, 0.5) is 5.69 Å². The summed E-state index contributed by atoms with van der Waals surface area (Å²) >= 11 is 0. The number of carbonyl (C=O) groups is 2. The first-order valence-electron chi connectivity index (χ1n) is 7.26. The van der Waals surface area contributed by atoms with Gasteiger partial charge in [0.25, 0.3) is 11.8 Å². The highest BCUT2D eigenvalue weighted by atomic mass is 16.5. The van der Waals surface area contributed by atoms with E-state index in [1.165, 1.54) is 7.05 Å². The van der Waals surface area contributed by atoms with Gasteiger partial charge in [-0.1, -0.05) is 6.07 Å². The third kappa shape index (κ3) is 3.33. The van der Waals surface area contributed by atoms with Crippen LogP contribution in [0.3, 0.4) is 0 Å². The predicted octanol–water partition coefficient (Wildman–Crippen LogP) is 1.83. The zero-order chi connectivity index (χ0) is 17.0. The zero-order valence-corrected chi connectivity index (χ0v) is 13.6. The number of nitrogens with one attached hydrogen (secondary N) is 2. The van der Waals surface area contributed by atoms with E-state index >= 15 is 0 Å². The van der Waals surface area contributed by atoms with Crippen molar-refractivity contribution in [2.75, 3.05) is 19.5 Å². The average Bonchev–Trinajstić information content (AvgIpc) is 2.97. The van der Waals surface area contributed by atoms with Gasteiger partial charge in [-0.25, -0.2) is 0 Å². The van der Waals surface area contributed by atoms with Crippen molar-refractivity contribution in [3.8, 4) is 5.75 Å². The van der Waals surface area contributed by atoms with E-state index in [2.05, 4.69) is 15.7 Å². The van der Waals surface area contributed by atoms with E-state index in [9.17, 15) is 9.59 Å². The summed E-state index contributed by atoms with van der Waals surface area (Å²) in [4.78, 5) is 24.4. The second-order valence-electron chi connectivity index (χ2n) is 4.91. The van der Waals surface area contributed by atoms with Crippen LogP contribution < -0.4 is 15.4 Å². The molecule has 0 saturated carbocycles. The first-order chi connectivity index (χ1) is 11.0. The lowest BCUT2D eigenvalue weighted by Gasteiger charge is -2.10. The van der Waals surface area contributed by atoms with E-state index in [4.69, 9.17) is 4.74 Å². The number of aryl methyl sites for hydroxylation is 1. The first-order valence-corrected chi connectivity index (χ1v) is 7.26. The minimum absolute atomic E-state index is 0.184. The molecule has 2 aromatic rings. The maximum Gasteiger partial charge on any atom is 0.273 e. The lowest BCUT2D eigenvalue weighted by atomic mass is 10.1. The Kier molecular flexibility index (Phi) is 5.00.